The van der Waals surface area contributed by atoms with Crippen LogP contribution >= 0.6 is 0 Å². The molecule has 0 spiro atoms. The van der Waals surface area contributed by atoms with Crippen molar-refractivity contribution in [2.45, 2.75) is 32.2 Å². The second-order valence-corrected chi connectivity index (χ2v) is 10.7. The number of hydrogen-bond donors (Lipinski definition) is 0. The summed E-state index contributed by atoms with van der Waals surface area (Å²) in [5.41, 5.74) is 0.633. The van der Waals surface area contributed by atoms with Crippen LogP contribution in [0.3, 0.4) is 0 Å². The molecule has 1 aromatic heterocycles. The van der Waals surface area contributed by atoms with Gasteiger partial charge in [0.15, 0.2) is 14.1 Å². The molecule has 21 heavy (non-hydrogen) atoms. The van der Waals surface area contributed by atoms with Crippen LogP contribution < -0.4 is 0 Å². The maximum Gasteiger partial charge on any atom is 0.245 e. The molecule has 0 fully saturated rings. The Morgan fingerprint density at radius 2 is 1.81 bits per heavy atom. The van der Waals surface area contributed by atoms with Gasteiger partial charge in [-0.05, 0) is 38.2 Å². The van der Waals surface area contributed by atoms with Crippen molar-refractivity contribution in [2.24, 2.45) is 7.05 Å². The highest BCUT2D eigenvalue weighted by molar-refractivity contribution is 6.70. The molecule has 1 atom stereocenters. The van der Waals surface area contributed by atoms with Crippen LogP contribution in [0.1, 0.15) is 11.3 Å². The molecule has 0 amide bonds. The SMILES string of the molecule is COC1=C(OC)C(O[Si](C)(C)C)(c2c(C)ccn2C)C1=O. The zero-order valence-electron chi connectivity index (χ0n) is 13.7. The summed E-state index contributed by atoms with van der Waals surface area (Å²) in [7, 11) is 2.91. The molecular formula is C15H23NO4Si. The van der Waals surface area contributed by atoms with Crippen molar-refractivity contribution in [2.75, 3.05) is 14.2 Å². The van der Waals surface area contributed by atoms with Gasteiger partial charge < -0.3 is 18.5 Å². The maximum absolute atomic E-state index is 12.8. The number of aromatic nitrogens is 1. The number of rotatable bonds is 5. The fraction of sp³-hybridized carbons (Fsp3) is 0.533. The molecular weight excluding hydrogens is 286 g/mol. The van der Waals surface area contributed by atoms with Crippen molar-refractivity contribution in [3.63, 3.8) is 0 Å². The summed E-state index contributed by atoms with van der Waals surface area (Å²) in [5.74, 6) is 0.535. The number of ketones is 1. The zero-order valence-corrected chi connectivity index (χ0v) is 14.7. The van der Waals surface area contributed by atoms with Gasteiger partial charge >= 0.3 is 0 Å². The van der Waals surface area contributed by atoms with Crippen LogP contribution in [0.5, 0.6) is 0 Å². The van der Waals surface area contributed by atoms with E-state index in [1.165, 1.54) is 7.11 Å². The van der Waals surface area contributed by atoms with Gasteiger partial charge in [-0.25, -0.2) is 0 Å². The van der Waals surface area contributed by atoms with Crippen LogP contribution in [0, 0.1) is 6.92 Å². The van der Waals surface area contributed by atoms with E-state index in [1.807, 2.05) is 30.8 Å². The van der Waals surface area contributed by atoms with Gasteiger partial charge in [0.2, 0.25) is 17.1 Å². The number of ether oxygens (including phenoxy) is 2. The summed E-state index contributed by atoms with van der Waals surface area (Å²) < 4.78 is 18.9. The number of methoxy groups -OCH3 is 2. The monoisotopic (exact) mass is 309 g/mol. The fourth-order valence-corrected chi connectivity index (χ4v) is 4.08. The van der Waals surface area contributed by atoms with E-state index < -0.39 is 13.9 Å². The fourth-order valence-electron chi connectivity index (χ4n) is 2.88. The van der Waals surface area contributed by atoms with Crippen molar-refractivity contribution < 1.29 is 18.7 Å². The molecule has 0 bridgehead atoms. The summed E-state index contributed by atoms with van der Waals surface area (Å²) >= 11 is 0. The highest BCUT2D eigenvalue weighted by Gasteiger charge is 2.62. The Morgan fingerprint density at radius 1 is 1.19 bits per heavy atom. The van der Waals surface area contributed by atoms with Gasteiger partial charge in [-0.2, -0.15) is 0 Å². The first kappa shape index (κ1) is 15.8. The maximum atomic E-state index is 12.8. The lowest BCUT2D eigenvalue weighted by atomic mass is 9.78. The van der Waals surface area contributed by atoms with E-state index in [4.69, 9.17) is 13.9 Å². The number of carbonyl (C=O) groups excluding carboxylic acids is 1. The highest BCUT2D eigenvalue weighted by Crippen LogP contribution is 2.49. The largest absolute Gasteiger partial charge is 0.493 e. The van der Waals surface area contributed by atoms with E-state index in [0.29, 0.717) is 5.76 Å². The second-order valence-electron chi connectivity index (χ2n) is 6.25. The standard InChI is InChI=1S/C15H23NO4Si/c1-10-8-9-16(2)12(10)15(20-21(5,6)7)13(17)11(18-3)14(15)19-4/h8-9H,1-7H3. The zero-order chi connectivity index (χ0) is 16.0. The van der Waals surface area contributed by atoms with E-state index in [-0.39, 0.29) is 11.5 Å². The number of carbonyl (C=O) groups is 1. The normalized spacial score (nSPS) is 22.3. The van der Waals surface area contributed by atoms with Gasteiger partial charge in [-0.15, -0.1) is 0 Å². The lowest BCUT2D eigenvalue weighted by Crippen LogP contribution is -2.57. The van der Waals surface area contributed by atoms with Crippen LogP contribution in [0.15, 0.2) is 23.8 Å². The highest BCUT2D eigenvalue weighted by atomic mass is 28.4. The Morgan fingerprint density at radius 3 is 2.19 bits per heavy atom. The van der Waals surface area contributed by atoms with Crippen molar-refractivity contribution in [3.8, 4) is 0 Å². The van der Waals surface area contributed by atoms with E-state index in [9.17, 15) is 4.79 Å². The van der Waals surface area contributed by atoms with Gasteiger partial charge in [-0.1, -0.05) is 0 Å². The molecule has 5 nitrogen and oxygen atoms in total. The first-order valence-electron chi connectivity index (χ1n) is 6.89. The quantitative estimate of drug-likeness (QED) is 0.784. The van der Waals surface area contributed by atoms with Crippen molar-refractivity contribution in [1.29, 1.82) is 0 Å². The second kappa shape index (κ2) is 5.03. The van der Waals surface area contributed by atoms with Crippen LogP contribution in [-0.4, -0.2) is 32.9 Å². The Hall–Kier alpha value is -1.53. The molecule has 1 heterocycles. The Labute approximate surface area is 126 Å². The predicted octanol–water partition coefficient (Wildman–Crippen LogP) is 2.47. The van der Waals surface area contributed by atoms with Crippen LogP contribution in [0.4, 0.5) is 0 Å². The molecule has 0 N–H and O–H groups in total. The molecule has 0 aliphatic heterocycles. The molecule has 116 valence electrons. The van der Waals surface area contributed by atoms with Crippen LogP contribution in [0.25, 0.3) is 0 Å². The first-order chi connectivity index (χ1) is 9.69. The van der Waals surface area contributed by atoms with Gasteiger partial charge in [0, 0.05) is 13.2 Å². The molecule has 1 aliphatic carbocycles. The van der Waals surface area contributed by atoms with E-state index in [1.54, 1.807) is 7.11 Å². The summed E-state index contributed by atoms with van der Waals surface area (Å²) in [6.45, 7) is 8.13. The molecule has 1 unspecified atom stereocenters. The Bertz CT molecular complexity index is 592. The Balaban J connectivity index is 2.70. The average Bonchev–Trinajstić information content (AvgIpc) is 2.71. The molecule has 0 saturated carbocycles. The summed E-state index contributed by atoms with van der Waals surface area (Å²) in [6.07, 6.45) is 1.92. The van der Waals surface area contributed by atoms with Gasteiger partial charge in [0.1, 0.15) is 0 Å². The lowest BCUT2D eigenvalue weighted by Gasteiger charge is -2.45. The third-order valence-electron chi connectivity index (χ3n) is 3.53. The van der Waals surface area contributed by atoms with E-state index in [2.05, 4.69) is 19.6 Å². The van der Waals surface area contributed by atoms with Crippen LogP contribution in [0.2, 0.25) is 19.6 Å². The van der Waals surface area contributed by atoms with Gasteiger partial charge in [0.25, 0.3) is 0 Å². The topological polar surface area (TPSA) is 49.7 Å². The Kier molecular flexibility index (Phi) is 3.80. The molecule has 1 aromatic rings. The first-order valence-corrected chi connectivity index (χ1v) is 10.3. The minimum atomic E-state index is -2.01. The number of nitrogens with zero attached hydrogens (tertiary/aromatic N) is 1. The predicted molar refractivity (Wildman–Crippen MR) is 82.3 cm³/mol. The van der Waals surface area contributed by atoms with E-state index in [0.717, 1.165) is 11.3 Å². The average molecular weight is 309 g/mol. The molecule has 1 aliphatic rings. The molecule has 0 saturated heterocycles. The summed E-state index contributed by atoms with van der Waals surface area (Å²) in [4.78, 5) is 12.8. The smallest absolute Gasteiger partial charge is 0.245 e. The molecule has 0 aromatic carbocycles. The van der Waals surface area contributed by atoms with E-state index >= 15 is 0 Å². The van der Waals surface area contributed by atoms with Gasteiger partial charge in [-0.3, -0.25) is 4.79 Å². The van der Waals surface area contributed by atoms with Gasteiger partial charge in [0.05, 0.1) is 19.9 Å². The van der Waals surface area contributed by atoms with Crippen molar-refractivity contribution >= 4 is 14.1 Å². The van der Waals surface area contributed by atoms with Crippen LogP contribution in [-0.2, 0) is 31.3 Å². The number of aryl methyl sites for hydroxylation is 2. The molecule has 0 radical (unpaired) electrons. The minimum absolute atomic E-state index is 0.172. The number of hydrogen-bond acceptors (Lipinski definition) is 4. The third kappa shape index (κ3) is 2.22. The van der Waals surface area contributed by atoms with Crippen molar-refractivity contribution in [1.82, 2.24) is 4.57 Å². The molecule has 6 heteroatoms. The lowest BCUT2D eigenvalue weighted by molar-refractivity contribution is -0.145. The third-order valence-corrected chi connectivity index (χ3v) is 4.45. The molecule has 2 rings (SSSR count). The minimum Gasteiger partial charge on any atom is -0.493 e. The van der Waals surface area contributed by atoms with Crippen molar-refractivity contribution in [3.05, 3.63) is 35.0 Å². The number of Topliss-reactive ketones (excluding diaryl/α,β-unsaturated/α-hetero) is 1. The summed E-state index contributed by atoms with van der Waals surface area (Å²) in [6, 6.07) is 1.97. The summed E-state index contributed by atoms with van der Waals surface area (Å²) in [5, 5.41) is 0.